The average Bonchev–Trinajstić information content (AvgIpc) is 2.78. The monoisotopic (exact) mass is 353 g/mol. The molecule has 0 aromatic rings. The van der Waals surface area contributed by atoms with Crippen LogP contribution in [0.25, 0.3) is 0 Å². The highest BCUT2D eigenvalue weighted by Crippen LogP contribution is 2.25. The van der Waals surface area contributed by atoms with E-state index in [1.807, 2.05) is 0 Å². The maximum absolute atomic E-state index is 12.8. The van der Waals surface area contributed by atoms with E-state index < -0.39 is 5.97 Å². The third kappa shape index (κ3) is 5.15. The number of rotatable bonds is 5. The maximum Gasteiger partial charge on any atom is 0.323 e. The Labute approximate surface area is 149 Å². The molecule has 7 heteroatoms. The van der Waals surface area contributed by atoms with Gasteiger partial charge in [0.25, 0.3) is 0 Å². The Morgan fingerprint density at radius 1 is 1.04 bits per heavy atom. The fourth-order valence-electron chi connectivity index (χ4n) is 4.34. The largest absolute Gasteiger partial charge is 0.480 e. The fraction of sp³-hybridized carbons (Fsp3) is 0.889. The summed E-state index contributed by atoms with van der Waals surface area (Å²) in [6.07, 6.45) is 5.02. The lowest BCUT2D eigenvalue weighted by atomic mass is 9.94. The molecule has 0 saturated carbocycles. The minimum Gasteiger partial charge on any atom is -0.480 e. The van der Waals surface area contributed by atoms with E-state index in [1.165, 1.54) is 0 Å². The van der Waals surface area contributed by atoms with Crippen LogP contribution in [0, 0.1) is 5.92 Å². The first-order chi connectivity index (χ1) is 12.1. The third-order valence-corrected chi connectivity index (χ3v) is 5.79. The number of hydrogen-bond acceptors (Lipinski definition) is 5. The van der Waals surface area contributed by atoms with Crippen molar-refractivity contribution in [2.75, 3.05) is 59.0 Å². The van der Waals surface area contributed by atoms with E-state index >= 15 is 0 Å². The molecule has 3 saturated heterocycles. The van der Waals surface area contributed by atoms with Crippen LogP contribution in [0.5, 0.6) is 0 Å². The summed E-state index contributed by atoms with van der Waals surface area (Å²) in [7, 11) is 0. The number of ether oxygens (including phenoxy) is 1. The van der Waals surface area contributed by atoms with Gasteiger partial charge in [-0.3, -0.25) is 19.4 Å². The van der Waals surface area contributed by atoms with Crippen molar-refractivity contribution < 1.29 is 19.4 Å². The molecular formula is C18H31N3O4. The number of nitrogens with zero attached hydrogens (tertiary/aromatic N) is 3. The number of carbonyl (C=O) groups excluding carboxylic acids is 1. The van der Waals surface area contributed by atoms with Crippen molar-refractivity contribution >= 4 is 11.9 Å². The number of carboxylic acids is 1. The van der Waals surface area contributed by atoms with Gasteiger partial charge in [-0.05, 0) is 51.1 Å². The van der Waals surface area contributed by atoms with Gasteiger partial charge in [0, 0.05) is 26.2 Å². The van der Waals surface area contributed by atoms with Gasteiger partial charge >= 0.3 is 5.97 Å². The minimum absolute atomic E-state index is 0.0199. The Bertz CT molecular complexity index is 459. The number of morpholine rings is 1. The zero-order valence-corrected chi connectivity index (χ0v) is 15.1. The summed E-state index contributed by atoms with van der Waals surface area (Å²) in [4.78, 5) is 30.1. The molecule has 1 unspecified atom stereocenters. The van der Waals surface area contributed by atoms with Crippen LogP contribution in [-0.2, 0) is 14.3 Å². The predicted octanol–water partition coefficient (Wildman–Crippen LogP) is 0.496. The molecule has 0 spiro atoms. The molecule has 1 N–H and O–H groups in total. The van der Waals surface area contributed by atoms with Crippen molar-refractivity contribution in [1.82, 2.24) is 14.7 Å². The van der Waals surface area contributed by atoms with Crippen LogP contribution in [-0.4, -0.2) is 96.8 Å². The zero-order chi connectivity index (χ0) is 17.6. The predicted molar refractivity (Wildman–Crippen MR) is 93.4 cm³/mol. The Balaban J connectivity index is 1.50. The highest BCUT2D eigenvalue weighted by Gasteiger charge is 2.34. The molecule has 1 amide bonds. The lowest BCUT2D eigenvalue weighted by Crippen LogP contribution is -2.52. The maximum atomic E-state index is 12.8. The van der Waals surface area contributed by atoms with Crippen molar-refractivity contribution in [3.8, 4) is 0 Å². The highest BCUT2D eigenvalue weighted by atomic mass is 16.5. The summed E-state index contributed by atoms with van der Waals surface area (Å²) in [5.41, 5.74) is 0. The Morgan fingerprint density at radius 3 is 2.44 bits per heavy atom. The highest BCUT2D eigenvalue weighted by molar-refractivity contribution is 5.85. The van der Waals surface area contributed by atoms with Gasteiger partial charge in [0.2, 0.25) is 5.91 Å². The molecule has 142 valence electrons. The molecule has 0 radical (unpaired) electrons. The van der Waals surface area contributed by atoms with E-state index in [-0.39, 0.29) is 18.5 Å². The van der Waals surface area contributed by atoms with Crippen LogP contribution in [0.3, 0.4) is 0 Å². The van der Waals surface area contributed by atoms with Gasteiger partial charge in [0.05, 0.1) is 19.3 Å². The van der Waals surface area contributed by atoms with Crippen molar-refractivity contribution in [1.29, 1.82) is 0 Å². The van der Waals surface area contributed by atoms with Crippen LogP contribution in [0.1, 0.15) is 32.1 Å². The topological polar surface area (TPSA) is 73.3 Å². The molecule has 7 nitrogen and oxygen atoms in total. The van der Waals surface area contributed by atoms with Crippen LogP contribution < -0.4 is 0 Å². The fourth-order valence-corrected chi connectivity index (χ4v) is 4.34. The van der Waals surface area contributed by atoms with E-state index in [1.54, 1.807) is 4.90 Å². The Hall–Kier alpha value is -1.18. The smallest absolute Gasteiger partial charge is 0.323 e. The molecule has 1 atom stereocenters. The molecule has 3 heterocycles. The molecular weight excluding hydrogens is 322 g/mol. The van der Waals surface area contributed by atoms with Crippen LogP contribution in [0.15, 0.2) is 0 Å². The first kappa shape index (κ1) is 18.6. The summed E-state index contributed by atoms with van der Waals surface area (Å²) in [5, 5.41) is 9.04. The zero-order valence-electron chi connectivity index (χ0n) is 15.1. The van der Waals surface area contributed by atoms with Crippen molar-refractivity contribution in [3.05, 3.63) is 0 Å². The summed E-state index contributed by atoms with van der Waals surface area (Å²) < 4.78 is 5.41. The third-order valence-electron chi connectivity index (χ3n) is 5.79. The van der Waals surface area contributed by atoms with E-state index in [0.29, 0.717) is 12.5 Å². The van der Waals surface area contributed by atoms with Gasteiger partial charge in [-0.25, -0.2) is 0 Å². The van der Waals surface area contributed by atoms with E-state index in [2.05, 4.69) is 9.80 Å². The van der Waals surface area contributed by atoms with E-state index in [9.17, 15) is 9.59 Å². The lowest BCUT2D eigenvalue weighted by Gasteiger charge is -2.39. The molecule has 3 aliphatic rings. The first-order valence-corrected chi connectivity index (χ1v) is 9.68. The standard InChI is InChI=1S/C18H31N3O4/c22-17(23)14-21-6-2-1-3-16(18(21)24)20-7-4-15(5-8-20)13-19-9-11-25-12-10-19/h15-16H,1-14H2,(H,22,23). The summed E-state index contributed by atoms with van der Waals surface area (Å²) >= 11 is 0. The quantitative estimate of drug-likeness (QED) is 0.776. The number of hydrogen-bond donors (Lipinski definition) is 1. The van der Waals surface area contributed by atoms with Crippen LogP contribution in [0.4, 0.5) is 0 Å². The second-order valence-corrected chi connectivity index (χ2v) is 7.56. The normalized spacial score (nSPS) is 28.1. The first-order valence-electron chi connectivity index (χ1n) is 9.68. The van der Waals surface area contributed by atoms with Crippen molar-refractivity contribution in [3.63, 3.8) is 0 Å². The second-order valence-electron chi connectivity index (χ2n) is 7.56. The van der Waals surface area contributed by atoms with Gasteiger partial charge in [-0.2, -0.15) is 0 Å². The summed E-state index contributed by atoms with van der Waals surface area (Å²) in [5.74, 6) is -0.199. The van der Waals surface area contributed by atoms with Crippen molar-refractivity contribution in [2.24, 2.45) is 5.92 Å². The molecule has 0 aromatic carbocycles. The number of carbonyl (C=O) groups is 2. The van der Waals surface area contributed by atoms with Crippen molar-refractivity contribution in [2.45, 2.75) is 38.1 Å². The van der Waals surface area contributed by atoms with Gasteiger partial charge in [-0.1, -0.05) is 0 Å². The minimum atomic E-state index is -0.918. The number of amides is 1. The van der Waals surface area contributed by atoms with Crippen LogP contribution >= 0.6 is 0 Å². The van der Waals surface area contributed by atoms with Gasteiger partial charge in [0.15, 0.2) is 0 Å². The number of likely N-dealkylation sites (tertiary alicyclic amines) is 2. The lowest BCUT2D eigenvalue weighted by molar-refractivity contribution is -0.146. The average molecular weight is 353 g/mol. The number of carboxylic acid groups (broad SMARTS) is 1. The van der Waals surface area contributed by atoms with Gasteiger partial charge < -0.3 is 14.7 Å². The Morgan fingerprint density at radius 2 is 1.76 bits per heavy atom. The SMILES string of the molecule is O=C(O)CN1CCCCC(N2CCC(CN3CCOCC3)CC2)C1=O. The van der Waals surface area contributed by atoms with Gasteiger partial charge in [0.1, 0.15) is 6.54 Å². The van der Waals surface area contributed by atoms with E-state index in [0.717, 1.165) is 78.0 Å². The van der Waals surface area contributed by atoms with E-state index in [4.69, 9.17) is 9.84 Å². The molecule has 0 bridgehead atoms. The molecule has 3 fully saturated rings. The molecule has 0 aliphatic carbocycles. The number of aliphatic carboxylic acids is 1. The summed E-state index contributed by atoms with van der Waals surface area (Å²) in [6.45, 7) is 7.21. The number of piperidine rings is 1. The molecule has 0 aromatic heterocycles. The second kappa shape index (κ2) is 8.96. The summed E-state index contributed by atoms with van der Waals surface area (Å²) in [6, 6.07) is -0.119. The Kier molecular flexibility index (Phi) is 6.67. The molecule has 3 aliphatic heterocycles. The molecule has 3 rings (SSSR count). The molecule has 25 heavy (non-hydrogen) atoms. The van der Waals surface area contributed by atoms with Crippen LogP contribution in [0.2, 0.25) is 0 Å². The van der Waals surface area contributed by atoms with Gasteiger partial charge in [-0.15, -0.1) is 0 Å².